The third kappa shape index (κ3) is 102. The zero-order valence-corrected chi connectivity index (χ0v) is 6.29. The number of hydrogen-bond donors (Lipinski definition) is 1. The zero-order valence-electron chi connectivity index (χ0n) is 2.51. The SMILES string of the molecule is N[S](=O)(=O)[Zn]. The Kier molecular flexibility index (Phi) is 1.47. The van der Waals surface area contributed by atoms with Crippen molar-refractivity contribution >= 4 is 8.01 Å². The van der Waals surface area contributed by atoms with Crippen molar-refractivity contribution in [2.24, 2.45) is 5.14 Å². The van der Waals surface area contributed by atoms with Gasteiger partial charge in [-0.15, -0.1) is 0 Å². The second kappa shape index (κ2) is 1.33. The normalized spacial score (nSPS) is 11.8. The molecule has 0 spiro atoms. The van der Waals surface area contributed by atoms with Crippen molar-refractivity contribution in [3.63, 3.8) is 0 Å². The molecule has 0 aromatic rings. The Morgan fingerprint density at radius 1 is 1.60 bits per heavy atom. The molecule has 0 bridgehead atoms. The molecule has 5 heavy (non-hydrogen) atoms. The summed E-state index contributed by atoms with van der Waals surface area (Å²) >= 11 is 0.146. The van der Waals surface area contributed by atoms with Crippen LogP contribution in [0.1, 0.15) is 0 Å². The molecule has 0 saturated heterocycles. The summed E-state index contributed by atoms with van der Waals surface area (Å²) in [5, 5.41) is 4.38. The van der Waals surface area contributed by atoms with Gasteiger partial charge in [0.15, 0.2) is 0 Å². The zero-order chi connectivity index (χ0) is 4.50. The van der Waals surface area contributed by atoms with Crippen LogP contribution in [0.4, 0.5) is 0 Å². The van der Waals surface area contributed by atoms with Gasteiger partial charge in [0.1, 0.15) is 0 Å². The molecule has 0 aromatic heterocycles. The van der Waals surface area contributed by atoms with E-state index < -0.39 is 8.01 Å². The Hall–Kier alpha value is 0.533. The molecule has 0 rings (SSSR count). The van der Waals surface area contributed by atoms with Crippen molar-refractivity contribution in [2.75, 3.05) is 0 Å². The van der Waals surface area contributed by atoms with Gasteiger partial charge in [-0.3, -0.25) is 0 Å². The molecule has 3 nitrogen and oxygen atoms in total. The van der Waals surface area contributed by atoms with Gasteiger partial charge in [-0.2, -0.15) is 0 Å². The fraction of sp³-hybridized carbons (Fsp3) is 0. The molecule has 0 amide bonds. The summed E-state index contributed by atoms with van der Waals surface area (Å²) < 4.78 is 18.9. The van der Waals surface area contributed by atoms with Crippen molar-refractivity contribution in [3.05, 3.63) is 0 Å². The molecule has 0 aliphatic rings. The van der Waals surface area contributed by atoms with Crippen LogP contribution in [-0.4, -0.2) is 8.42 Å². The van der Waals surface area contributed by atoms with Gasteiger partial charge in [0.25, 0.3) is 0 Å². The molecule has 0 aliphatic carbocycles. The summed E-state index contributed by atoms with van der Waals surface area (Å²) in [6, 6.07) is 0. The molecule has 0 heterocycles. The van der Waals surface area contributed by atoms with Crippen LogP contribution in [0.15, 0.2) is 0 Å². The van der Waals surface area contributed by atoms with E-state index in [4.69, 9.17) is 0 Å². The first kappa shape index (κ1) is 5.53. The molecule has 0 atom stereocenters. The van der Waals surface area contributed by atoms with Crippen LogP contribution in [0.3, 0.4) is 0 Å². The Bertz CT molecular complexity index is 92.8. The van der Waals surface area contributed by atoms with Crippen molar-refractivity contribution in [2.45, 2.75) is 0 Å². The monoisotopic (exact) mass is 144 g/mol. The first-order chi connectivity index (χ1) is 2.00. The summed E-state index contributed by atoms with van der Waals surface area (Å²) in [4.78, 5) is 0. The molecule has 0 aromatic carbocycles. The van der Waals surface area contributed by atoms with E-state index in [0.29, 0.717) is 0 Å². The van der Waals surface area contributed by atoms with Gasteiger partial charge in [0, 0.05) is 0 Å². The van der Waals surface area contributed by atoms with Gasteiger partial charge < -0.3 is 0 Å². The molecule has 0 fully saturated rings. The van der Waals surface area contributed by atoms with Crippen molar-refractivity contribution < 1.29 is 25.5 Å². The fourth-order valence-corrected chi connectivity index (χ4v) is 0. The summed E-state index contributed by atoms with van der Waals surface area (Å²) in [5.74, 6) is 0. The van der Waals surface area contributed by atoms with Crippen molar-refractivity contribution in [3.8, 4) is 0 Å². The quantitative estimate of drug-likeness (QED) is 0.433. The average molecular weight is 145 g/mol. The second-order valence-corrected chi connectivity index (χ2v) is 7.05. The summed E-state index contributed by atoms with van der Waals surface area (Å²) in [6.07, 6.45) is 0. The Labute approximate surface area is 39.1 Å². The van der Waals surface area contributed by atoms with Crippen LogP contribution in [0, 0.1) is 0 Å². The first-order valence-corrected chi connectivity index (χ1v) is 6.21. The first-order valence-electron chi connectivity index (χ1n) is 0.858. The van der Waals surface area contributed by atoms with Gasteiger partial charge in [-0.05, 0) is 0 Å². The molecule has 2 N–H and O–H groups in total. The van der Waals surface area contributed by atoms with Crippen LogP contribution >= 0.6 is 0 Å². The van der Waals surface area contributed by atoms with Crippen LogP contribution in [0.5, 0.6) is 0 Å². The summed E-state index contributed by atoms with van der Waals surface area (Å²) in [6.45, 7) is 0. The third-order valence-electron chi connectivity index (χ3n) is 0. The molecule has 5 heteroatoms. The molecule has 0 radical (unpaired) electrons. The number of hydrogen-bond acceptors (Lipinski definition) is 2. The van der Waals surface area contributed by atoms with Crippen LogP contribution < -0.4 is 5.14 Å². The van der Waals surface area contributed by atoms with E-state index >= 15 is 0 Å². The van der Waals surface area contributed by atoms with Gasteiger partial charge in [-0.1, -0.05) is 0 Å². The maximum absolute atomic E-state index is 9.47. The number of rotatable bonds is 0. The van der Waals surface area contributed by atoms with Gasteiger partial charge >= 0.3 is 38.7 Å². The van der Waals surface area contributed by atoms with Crippen molar-refractivity contribution in [1.82, 2.24) is 0 Å². The topological polar surface area (TPSA) is 60.2 Å². The summed E-state index contributed by atoms with van der Waals surface area (Å²) in [5.41, 5.74) is 0. The molecular formula is H2NO2SZn. The van der Waals surface area contributed by atoms with Gasteiger partial charge in [-0.25, -0.2) is 0 Å². The predicted molar refractivity (Wildman–Crippen MR) is 13.1 cm³/mol. The summed E-state index contributed by atoms with van der Waals surface area (Å²) in [7, 11) is -3.04. The molecule has 0 aliphatic heterocycles. The standard InChI is InChI=1S/H2NO2S.Zn/c1-4(2)3;/h(H2,1,2,3);. The molecule has 0 saturated carbocycles. The Morgan fingerprint density at radius 2 is 1.60 bits per heavy atom. The van der Waals surface area contributed by atoms with E-state index in [9.17, 15) is 8.42 Å². The van der Waals surface area contributed by atoms with Crippen LogP contribution in [0.25, 0.3) is 0 Å². The minimum absolute atomic E-state index is 0.146. The Morgan fingerprint density at radius 3 is 1.60 bits per heavy atom. The van der Waals surface area contributed by atoms with E-state index in [0.717, 1.165) is 0 Å². The van der Waals surface area contributed by atoms with E-state index in [1.807, 2.05) is 0 Å². The second-order valence-electron chi connectivity index (χ2n) is 0.663. The van der Waals surface area contributed by atoms with Crippen LogP contribution in [-0.2, 0) is 25.1 Å². The predicted octanol–water partition coefficient (Wildman–Crippen LogP) is -1.26. The fourth-order valence-electron chi connectivity index (χ4n) is 0. The van der Waals surface area contributed by atoms with Gasteiger partial charge in [0.2, 0.25) is 0 Å². The molecular weight excluding hydrogens is 143 g/mol. The minimum atomic E-state index is -3.04. The van der Waals surface area contributed by atoms with E-state index in [1.54, 1.807) is 0 Å². The van der Waals surface area contributed by atoms with Gasteiger partial charge in [0.05, 0.1) is 0 Å². The Balaban J connectivity index is 4.06. The molecule has 0 unspecified atom stereocenters. The third-order valence-corrected chi connectivity index (χ3v) is 0. The van der Waals surface area contributed by atoms with E-state index in [1.165, 1.54) is 0 Å². The maximum atomic E-state index is 9.47. The average Bonchev–Trinajstić information content (AvgIpc) is 0.722. The van der Waals surface area contributed by atoms with Crippen LogP contribution in [0.2, 0.25) is 0 Å². The van der Waals surface area contributed by atoms with Crippen molar-refractivity contribution in [1.29, 1.82) is 0 Å². The van der Waals surface area contributed by atoms with E-state index in [2.05, 4.69) is 5.14 Å². The number of nitrogens with two attached hydrogens (primary N) is 1. The molecule has 27 valence electrons. The van der Waals surface area contributed by atoms with E-state index in [-0.39, 0.29) is 17.1 Å².